The Hall–Kier alpha value is -3.29. The number of aromatic nitrogens is 3. The van der Waals surface area contributed by atoms with Gasteiger partial charge in [0, 0.05) is 36.9 Å². The van der Waals surface area contributed by atoms with Gasteiger partial charge in [-0.05, 0) is 30.7 Å². The lowest BCUT2D eigenvalue weighted by Crippen LogP contribution is -2.05. The third kappa shape index (κ3) is 3.22. The van der Waals surface area contributed by atoms with E-state index < -0.39 is 4.92 Å². The van der Waals surface area contributed by atoms with E-state index in [-0.39, 0.29) is 5.69 Å². The molecule has 0 unspecified atom stereocenters. The SMILES string of the molecule is CCNc1cc2ncnc(NCc3ccncc3)c2cc1[N+](=O)[O-]. The molecule has 8 heteroatoms. The quantitative estimate of drug-likeness (QED) is 0.530. The van der Waals surface area contributed by atoms with E-state index >= 15 is 0 Å². The largest absolute Gasteiger partial charge is 0.380 e. The molecular formula is C16H16N6O2. The van der Waals surface area contributed by atoms with E-state index in [1.807, 2.05) is 19.1 Å². The standard InChI is InChI=1S/C16H16N6O2/c1-2-18-14-8-13-12(7-15(14)22(23)24)16(21-10-20-13)19-9-11-3-5-17-6-4-11/h3-8,10,18H,2,9H2,1H3,(H,19,20,21). The van der Waals surface area contributed by atoms with Crippen molar-refractivity contribution in [1.82, 2.24) is 15.0 Å². The van der Waals surface area contributed by atoms with E-state index in [0.29, 0.717) is 35.5 Å². The topological polar surface area (TPSA) is 106 Å². The molecule has 1 aromatic carbocycles. The molecule has 0 radical (unpaired) electrons. The molecular weight excluding hydrogens is 308 g/mol. The van der Waals surface area contributed by atoms with Crippen molar-refractivity contribution in [3.05, 3.63) is 58.7 Å². The highest BCUT2D eigenvalue weighted by molar-refractivity contribution is 5.94. The first-order valence-corrected chi connectivity index (χ1v) is 7.49. The van der Waals surface area contributed by atoms with Crippen molar-refractivity contribution in [3.8, 4) is 0 Å². The summed E-state index contributed by atoms with van der Waals surface area (Å²) in [5.74, 6) is 0.558. The molecule has 0 bridgehead atoms. The lowest BCUT2D eigenvalue weighted by atomic mass is 10.1. The predicted molar refractivity (Wildman–Crippen MR) is 91.9 cm³/mol. The fraction of sp³-hybridized carbons (Fsp3) is 0.188. The fourth-order valence-corrected chi connectivity index (χ4v) is 2.40. The van der Waals surface area contributed by atoms with Crippen LogP contribution in [0.5, 0.6) is 0 Å². The van der Waals surface area contributed by atoms with Crippen LogP contribution in [0.3, 0.4) is 0 Å². The Morgan fingerprint density at radius 1 is 1.17 bits per heavy atom. The van der Waals surface area contributed by atoms with E-state index in [0.717, 1.165) is 5.56 Å². The summed E-state index contributed by atoms with van der Waals surface area (Å²) >= 11 is 0. The maximum Gasteiger partial charge on any atom is 0.293 e. The molecule has 0 spiro atoms. The van der Waals surface area contributed by atoms with Crippen LogP contribution >= 0.6 is 0 Å². The van der Waals surface area contributed by atoms with E-state index in [1.165, 1.54) is 12.4 Å². The van der Waals surface area contributed by atoms with Crippen LogP contribution in [0, 0.1) is 10.1 Å². The van der Waals surface area contributed by atoms with Crippen molar-refractivity contribution < 1.29 is 4.92 Å². The number of benzene rings is 1. The summed E-state index contributed by atoms with van der Waals surface area (Å²) in [6.45, 7) is 3.01. The molecule has 24 heavy (non-hydrogen) atoms. The molecule has 0 fully saturated rings. The average molecular weight is 324 g/mol. The number of anilines is 2. The average Bonchev–Trinajstić information content (AvgIpc) is 2.60. The number of nitrogens with zero attached hydrogens (tertiary/aromatic N) is 4. The molecule has 0 aliphatic carbocycles. The molecule has 0 saturated heterocycles. The molecule has 2 heterocycles. The van der Waals surface area contributed by atoms with Crippen LogP contribution < -0.4 is 10.6 Å². The van der Waals surface area contributed by atoms with Crippen LogP contribution in [0.25, 0.3) is 10.9 Å². The van der Waals surface area contributed by atoms with Gasteiger partial charge in [-0.2, -0.15) is 0 Å². The maximum atomic E-state index is 11.3. The van der Waals surface area contributed by atoms with Crippen molar-refractivity contribution in [3.63, 3.8) is 0 Å². The van der Waals surface area contributed by atoms with Crippen LogP contribution in [0.2, 0.25) is 0 Å². The first-order chi connectivity index (χ1) is 11.7. The second-order valence-corrected chi connectivity index (χ2v) is 5.11. The number of nitro groups is 1. The van der Waals surface area contributed by atoms with Crippen molar-refractivity contribution in [1.29, 1.82) is 0 Å². The molecule has 2 aromatic heterocycles. The minimum Gasteiger partial charge on any atom is -0.380 e. The third-order valence-corrected chi connectivity index (χ3v) is 3.53. The number of hydrogen-bond acceptors (Lipinski definition) is 7. The van der Waals surface area contributed by atoms with Crippen molar-refractivity contribution >= 4 is 28.1 Å². The van der Waals surface area contributed by atoms with Gasteiger partial charge in [0.05, 0.1) is 10.4 Å². The second-order valence-electron chi connectivity index (χ2n) is 5.11. The monoisotopic (exact) mass is 324 g/mol. The van der Waals surface area contributed by atoms with Gasteiger partial charge in [0.2, 0.25) is 0 Å². The first-order valence-electron chi connectivity index (χ1n) is 7.49. The van der Waals surface area contributed by atoms with Gasteiger partial charge >= 0.3 is 0 Å². The van der Waals surface area contributed by atoms with E-state index in [9.17, 15) is 10.1 Å². The molecule has 2 N–H and O–H groups in total. The Morgan fingerprint density at radius 2 is 1.96 bits per heavy atom. The summed E-state index contributed by atoms with van der Waals surface area (Å²) in [6.07, 6.45) is 4.87. The highest BCUT2D eigenvalue weighted by Crippen LogP contribution is 2.32. The van der Waals surface area contributed by atoms with Gasteiger partial charge in [-0.3, -0.25) is 15.1 Å². The molecule has 0 saturated carbocycles. The molecule has 8 nitrogen and oxygen atoms in total. The summed E-state index contributed by atoms with van der Waals surface area (Å²) in [5, 5.41) is 18.1. The van der Waals surface area contributed by atoms with Crippen LogP contribution in [-0.2, 0) is 6.54 Å². The van der Waals surface area contributed by atoms with Crippen molar-refractivity contribution in [2.24, 2.45) is 0 Å². The lowest BCUT2D eigenvalue weighted by Gasteiger charge is -2.10. The molecule has 0 aliphatic heterocycles. The Labute approximate surface area is 138 Å². The van der Waals surface area contributed by atoms with Crippen LogP contribution in [0.1, 0.15) is 12.5 Å². The number of rotatable bonds is 6. The minimum absolute atomic E-state index is 0.00566. The van der Waals surface area contributed by atoms with Crippen LogP contribution in [-0.4, -0.2) is 26.4 Å². The number of fused-ring (bicyclic) bond motifs is 1. The number of nitrogens with one attached hydrogen (secondary N) is 2. The predicted octanol–water partition coefficient (Wildman–Crippen LogP) is 2.98. The second kappa shape index (κ2) is 6.86. The zero-order valence-electron chi connectivity index (χ0n) is 13.1. The zero-order chi connectivity index (χ0) is 16.9. The number of pyridine rings is 1. The molecule has 122 valence electrons. The van der Waals surface area contributed by atoms with Gasteiger partial charge in [0.25, 0.3) is 5.69 Å². The van der Waals surface area contributed by atoms with Gasteiger partial charge in [-0.25, -0.2) is 9.97 Å². The fourth-order valence-electron chi connectivity index (χ4n) is 2.40. The van der Waals surface area contributed by atoms with Gasteiger partial charge in [-0.15, -0.1) is 0 Å². The number of nitro benzene ring substituents is 1. The molecule has 0 amide bonds. The van der Waals surface area contributed by atoms with E-state index in [1.54, 1.807) is 18.5 Å². The van der Waals surface area contributed by atoms with Gasteiger partial charge in [-0.1, -0.05) is 0 Å². The molecule has 3 aromatic rings. The molecule has 0 aliphatic rings. The zero-order valence-corrected chi connectivity index (χ0v) is 13.1. The molecule has 3 rings (SSSR count). The Kier molecular flexibility index (Phi) is 4.46. The third-order valence-electron chi connectivity index (χ3n) is 3.53. The lowest BCUT2D eigenvalue weighted by molar-refractivity contribution is -0.383. The van der Waals surface area contributed by atoms with Gasteiger partial charge in [0.15, 0.2) is 0 Å². The van der Waals surface area contributed by atoms with E-state index in [2.05, 4.69) is 25.6 Å². The first kappa shape index (κ1) is 15.6. The van der Waals surface area contributed by atoms with Crippen LogP contribution in [0.4, 0.5) is 17.2 Å². The summed E-state index contributed by atoms with van der Waals surface area (Å²) < 4.78 is 0. The summed E-state index contributed by atoms with van der Waals surface area (Å²) in [5.41, 5.74) is 2.14. The normalized spacial score (nSPS) is 10.5. The highest BCUT2D eigenvalue weighted by Gasteiger charge is 2.17. The molecule has 0 atom stereocenters. The minimum atomic E-state index is -0.406. The Balaban J connectivity index is 1.99. The van der Waals surface area contributed by atoms with Gasteiger partial charge in [0.1, 0.15) is 17.8 Å². The summed E-state index contributed by atoms with van der Waals surface area (Å²) in [6, 6.07) is 6.96. The van der Waals surface area contributed by atoms with Crippen molar-refractivity contribution in [2.75, 3.05) is 17.2 Å². The van der Waals surface area contributed by atoms with E-state index in [4.69, 9.17) is 0 Å². The maximum absolute atomic E-state index is 11.3. The highest BCUT2D eigenvalue weighted by atomic mass is 16.6. The number of hydrogen-bond donors (Lipinski definition) is 2. The summed E-state index contributed by atoms with van der Waals surface area (Å²) in [4.78, 5) is 23.3. The van der Waals surface area contributed by atoms with Crippen LogP contribution in [0.15, 0.2) is 43.0 Å². The van der Waals surface area contributed by atoms with Gasteiger partial charge < -0.3 is 10.6 Å². The Bertz CT molecular complexity index is 869. The Morgan fingerprint density at radius 3 is 2.67 bits per heavy atom. The summed E-state index contributed by atoms with van der Waals surface area (Å²) in [7, 11) is 0. The van der Waals surface area contributed by atoms with Crippen molar-refractivity contribution in [2.45, 2.75) is 13.5 Å². The smallest absolute Gasteiger partial charge is 0.293 e.